The number of carbonyl (C=O) groups is 2. The molecule has 1 saturated carbocycles. The fourth-order valence-corrected chi connectivity index (χ4v) is 0.881. The van der Waals surface area contributed by atoms with Crippen LogP contribution in [0.5, 0.6) is 0 Å². The second kappa shape index (κ2) is 3.24. The second-order valence-electron chi connectivity index (χ2n) is 3.72. The molecule has 0 aliphatic heterocycles. The Morgan fingerprint density at radius 3 is 2.38 bits per heavy atom. The Balaban J connectivity index is 2.28. The number of hydrogen-bond donors (Lipinski definition) is 3. The van der Waals surface area contributed by atoms with E-state index in [1.807, 2.05) is 6.92 Å². The van der Waals surface area contributed by atoms with Gasteiger partial charge >= 0.3 is 12.0 Å². The molecule has 1 atom stereocenters. The summed E-state index contributed by atoms with van der Waals surface area (Å²) in [6, 6.07) is -1.25. The Bertz CT molecular complexity index is 236. The number of carboxylic acids is 1. The standard InChI is InChI=1S/C8H14N2O3/c1-5(6(11)12)9-7(13)10-8(2)3-4-8/h5H,3-4H2,1-2H3,(H,11,12)(H2,9,10,13)/t5-/m0/s1. The zero-order valence-corrected chi connectivity index (χ0v) is 7.76. The monoisotopic (exact) mass is 186 g/mol. The van der Waals surface area contributed by atoms with Gasteiger partial charge in [-0.3, -0.25) is 4.79 Å². The lowest BCUT2D eigenvalue weighted by Gasteiger charge is -2.14. The van der Waals surface area contributed by atoms with Crippen molar-refractivity contribution in [3.05, 3.63) is 0 Å². The molecule has 3 N–H and O–H groups in total. The number of urea groups is 1. The third kappa shape index (κ3) is 2.93. The highest BCUT2D eigenvalue weighted by Gasteiger charge is 2.38. The van der Waals surface area contributed by atoms with Crippen LogP contribution in [0.3, 0.4) is 0 Å². The van der Waals surface area contributed by atoms with Crippen molar-refractivity contribution in [3.63, 3.8) is 0 Å². The molecule has 0 unspecified atom stereocenters. The molecule has 13 heavy (non-hydrogen) atoms. The molecule has 0 bridgehead atoms. The molecule has 0 radical (unpaired) electrons. The van der Waals surface area contributed by atoms with Crippen LogP contribution < -0.4 is 10.6 Å². The fourth-order valence-electron chi connectivity index (χ4n) is 0.881. The lowest BCUT2D eigenvalue weighted by Crippen LogP contribution is -2.47. The molecule has 2 amide bonds. The molecule has 0 aromatic carbocycles. The zero-order chi connectivity index (χ0) is 10.1. The number of carbonyl (C=O) groups excluding carboxylic acids is 1. The largest absolute Gasteiger partial charge is 0.480 e. The Labute approximate surface area is 76.5 Å². The number of hydrogen-bond acceptors (Lipinski definition) is 2. The van der Waals surface area contributed by atoms with E-state index in [2.05, 4.69) is 10.6 Å². The van der Waals surface area contributed by atoms with Crippen LogP contribution in [0.25, 0.3) is 0 Å². The summed E-state index contributed by atoms with van der Waals surface area (Å²) < 4.78 is 0. The van der Waals surface area contributed by atoms with Crippen molar-refractivity contribution in [2.45, 2.75) is 38.3 Å². The summed E-state index contributed by atoms with van der Waals surface area (Å²) in [5.74, 6) is -1.03. The average Bonchev–Trinajstić information content (AvgIpc) is 2.66. The van der Waals surface area contributed by atoms with Gasteiger partial charge in [-0.2, -0.15) is 0 Å². The molecule has 1 aliphatic carbocycles. The highest BCUT2D eigenvalue weighted by molar-refractivity contribution is 5.82. The predicted molar refractivity (Wildman–Crippen MR) is 46.4 cm³/mol. The van der Waals surface area contributed by atoms with E-state index in [9.17, 15) is 9.59 Å². The molecular weight excluding hydrogens is 172 g/mol. The van der Waals surface area contributed by atoms with Gasteiger partial charge in [-0.05, 0) is 26.7 Å². The molecule has 0 aromatic heterocycles. The summed E-state index contributed by atoms with van der Waals surface area (Å²) in [6.45, 7) is 3.36. The summed E-state index contributed by atoms with van der Waals surface area (Å²) in [5.41, 5.74) is -0.109. The lowest BCUT2D eigenvalue weighted by atomic mass is 10.3. The van der Waals surface area contributed by atoms with Crippen LogP contribution in [0.1, 0.15) is 26.7 Å². The third-order valence-electron chi connectivity index (χ3n) is 2.13. The van der Waals surface area contributed by atoms with Crippen molar-refractivity contribution in [1.82, 2.24) is 10.6 Å². The van der Waals surface area contributed by atoms with Gasteiger partial charge < -0.3 is 15.7 Å². The SMILES string of the molecule is C[C@H](NC(=O)NC1(C)CC1)C(=O)O. The van der Waals surface area contributed by atoms with E-state index in [1.54, 1.807) is 0 Å². The molecule has 0 saturated heterocycles. The third-order valence-corrected chi connectivity index (χ3v) is 2.13. The van der Waals surface area contributed by atoms with Crippen LogP contribution in [0.2, 0.25) is 0 Å². The summed E-state index contributed by atoms with van der Waals surface area (Å²) in [5, 5.41) is 13.5. The highest BCUT2D eigenvalue weighted by atomic mass is 16.4. The molecule has 1 rings (SSSR count). The highest BCUT2D eigenvalue weighted by Crippen LogP contribution is 2.33. The van der Waals surface area contributed by atoms with E-state index in [0.29, 0.717) is 0 Å². The molecular formula is C8H14N2O3. The first-order valence-corrected chi connectivity index (χ1v) is 4.24. The van der Waals surface area contributed by atoms with Crippen LogP contribution in [-0.2, 0) is 4.79 Å². The van der Waals surface area contributed by atoms with Crippen LogP contribution in [0, 0.1) is 0 Å². The molecule has 0 spiro atoms. The quantitative estimate of drug-likeness (QED) is 0.593. The number of carboxylic acid groups (broad SMARTS) is 1. The molecule has 0 aromatic rings. The zero-order valence-electron chi connectivity index (χ0n) is 7.76. The lowest BCUT2D eigenvalue weighted by molar-refractivity contribution is -0.138. The van der Waals surface area contributed by atoms with Gasteiger partial charge in [-0.25, -0.2) is 4.79 Å². The number of aliphatic carboxylic acids is 1. The minimum Gasteiger partial charge on any atom is -0.480 e. The van der Waals surface area contributed by atoms with Crippen molar-refractivity contribution >= 4 is 12.0 Å². The summed E-state index contributed by atoms with van der Waals surface area (Å²) in [4.78, 5) is 21.5. The first-order valence-electron chi connectivity index (χ1n) is 4.24. The normalized spacial score (nSPS) is 20.2. The number of amides is 2. The number of rotatable bonds is 3. The van der Waals surface area contributed by atoms with Gasteiger partial charge in [0.25, 0.3) is 0 Å². The van der Waals surface area contributed by atoms with E-state index in [1.165, 1.54) is 6.92 Å². The molecule has 0 heterocycles. The van der Waals surface area contributed by atoms with Crippen molar-refractivity contribution in [2.75, 3.05) is 0 Å². The van der Waals surface area contributed by atoms with E-state index in [4.69, 9.17) is 5.11 Å². The van der Waals surface area contributed by atoms with Gasteiger partial charge in [-0.1, -0.05) is 0 Å². The topological polar surface area (TPSA) is 78.4 Å². The van der Waals surface area contributed by atoms with Crippen molar-refractivity contribution in [1.29, 1.82) is 0 Å². The van der Waals surface area contributed by atoms with E-state index >= 15 is 0 Å². The van der Waals surface area contributed by atoms with Crippen molar-refractivity contribution in [3.8, 4) is 0 Å². The van der Waals surface area contributed by atoms with E-state index in [-0.39, 0.29) is 5.54 Å². The first-order chi connectivity index (χ1) is 5.93. The maximum absolute atomic E-state index is 11.1. The predicted octanol–water partition coefficient (Wildman–Crippen LogP) is 0.311. The summed E-state index contributed by atoms with van der Waals surface area (Å²) in [6.07, 6.45) is 1.92. The maximum Gasteiger partial charge on any atom is 0.325 e. The molecule has 74 valence electrons. The van der Waals surface area contributed by atoms with Gasteiger partial charge in [0.1, 0.15) is 6.04 Å². The molecule has 5 heteroatoms. The van der Waals surface area contributed by atoms with Gasteiger partial charge in [0.05, 0.1) is 0 Å². The van der Waals surface area contributed by atoms with Gasteiger partial charge in [0, 0.05) is 5.54 Å². The van der Waals surface area contributed by atoms with E-state index in [0.717, 1.165) is 12.8 Å². The average molecular weight is 186 g/mol. The Morgan fingerprint density at radius 1 is 1.46 bits per heavy atom. The second-order valence-corrected chi connectivity index (χ2v) is 3.72. The number of nitrogens with one attached hydrogen (secondary N) is 2. The molecule has 1 aliphatic rings. The Morgan fingerprint density at radius 2 is 2.00 bits per heavy atom. The Hall–Kier alpha value is -1.26. The van der Waals surface area contributed by atoms with Crippen molar-refractivity contribution in [2.24, 2.45) is 0 Å². The van der Waals surface area contributed by atoms with Gasteiger partial charge in [-0.15, -0.1) is 0 Å². The minimum atomic E-state index is -1.03. The maximum atomic E-state index is 11.1. The minimum absolute atomic E-state index is 0.109. The van der Waals surface area contributed by atoms with Crippen LogP contribution in [0.4, 0.5) is 4.79 Å². The molecule has 1 fully saturated rings. The Kier molecular flexibility index (Phi) is 2.45. The summed E-state index contributed by atoms with van der Waals surface area (Å²) >= 11 is 0. The summed E-state index contributed by atoms with van der Waals surface area (Å²) in [7, 11) is 0. The van der Waals surface area contributed by atoms with Gasteiger partial charge in [0.2, 0.25) is 0 Å². The van der Waals surface area contributed by atoms with Gasteiger partial charge in [0.15, 0.2) is 0 Å². The first kappa shape index (κ1) is 9.83. The smallest absolute Gasteiger partial charge is 0.325 e. The van der Waals surface area contributed by atoms with Crippen LogP contribution in [-0.4, -0.2) is 28.7 Å². The fraction of sp³-hybridized carbons (Fsp3) is 0.750. The van der Waals surface area contributed by atoms with Crippen LogP contribution >= 0.6 is 0 Å². The van der Waals surface area contributed by atoms with E-state index < -0.39 is 18.0 Å². The van der Waals surface area contributed by atoms with Crippen molar-refractivity contribution < 1.29 is 14.7 Å². The molecule has 5 nitrogen and oxygen atoms in total. The van der Waals surface area contributed by atoms with Crippen LogP contribution in [0.15, 0.2) is 0 Å².